The van der Waals surface area contributed by atoms with Crippen molar-refractivity contribution in [3.8, 4) is 0 Å². The van der Waals surface area contributed by atoms with Crippen LogP contribution >= 0.6 is 0 Å². The third-order valence-electron chi connectivity index (χ3n) is 3.37. The van der Waals surface area contributed by atoms with E-state index in [4.69, 9.17) is 9.47 Å². The van der Waals surface area contributed by atoms with Crippen molar-refractivity contribution in [3.63, 3.8) is 0 Å². The first kappa shape index (κ1) is 16.0. The molecule has 19 heavy (non-hydrogen) atoms. The SMILES string of the molecule is COC(=O)C1CCC(OCC(=O)NCC(C)C)CC1. The molecule has 0 heterocycles. The highest BCUT2D eigenvalue weighted by atomic mass is 16.5. The van der Waals surface area contributed by atoms with E-state index in [0.717, 1.165) is 25.7 Å². The van der Waals surface area contributed by atoms with Gasteiger partial charge >= 0.3 is 5.97 Å². The summed E-state index contributed by atoms with van der Waals surface area (Å²) in [6, 6.07) is 0. The van der Waals surface area contributed by atoms with Crippen LogP contribution < -0.4 is 5.32 Å². The molecular weight excluding hydrogens is 246 g/mol. The maximum Gasteiger partial charge on any atom is 0.308 e. The number of hydrogen-bond acceptors (Lipinski definition) is 4. The van der Waals surface area contributed by atoms with Crippen molar-refractivity contribution in [1.82, 2.24) is 5.32 Å². The number of carbonyl (C=O) groups is 2. The number of hydrogen-bond donors (Lipinski definition) is 1. The molecule has 0 unspecified atom stereocenters. The summed E-state index contributed by atoms with van der Waals surface area (Å²) in [5.74, 6) is 0.246. The van der Waals surface area contributed by atoms with Crippen LogP contribution in [0.5, 0.6) is 0 Å². The molecule has 0 radical (unpaired) electrons. The molecule has 1 aliphatic rings. The quantitative estimate of drug-likeness (QED) is 0.744. The molecule has 1 amide bonds. The Morgan fingerprint density at radius 3 is 2.37 bits per heavy atom. The zero-order valence-corrected chi connectivity index (χ0v) is 12.1. The van der Waals surface area contributed by atoms with Crippen LogP contribution in [0, 0.1) is 11.8 Å². The van der Waals surface area contributed by atoms with Crippen LogP contribution in [0.25, 0.3) is 0 Å². The minimum Gasteiger partial charge on any atom is -0.469 e. The number of ether oxygens (including phenoxy) is 2. The Hall–Kier alpha value is -1.10. The Balaban J connectivity index is 2.15. The number of esters is 1. The van der Waals surface area contributed by atoms with Gasteiger partial charge in [0.1, 0.15) is 6.61 Å². The Morgan fingerprint density at radius 2 is 1.84 bits per heavy atom. The Labute approximate surface area is 115 Å². The maximum atomic E-state index is 11.5. The third-order valence-corrected chi connectivity index (χ3v) is 3.37. The van der Waals surface area contributed by atoms with Crippen LogP contribution in [0.4, 0.5) is 0 Å². The van der Waals surface area contributed by atoms with Gasteiger partial charge in [-0.15, -0.1) is 0 Å². The van der Waals surface area contributed by atoms with E-state index < -0.39 is 0 Å². The Kier molecular flexibility index (Phi) is 6.84. The van der Waals surface area contributed by atoms with Crippen molar-refractivity contribution in [3.05, 3.63) is 0 Å². The molecule has 5 nitrogen and oxygen atoms in total. The molecule has 1 saturated carbocycles. The molecule has 0 aromatic heterocycles. The molecule has 1 aliphatic carbocycles. The van der Waals surface area contributed by atoms with E-state index in [-0.39, 0.29) is 30.5 Å². The van der Waals surface area contributed by atoms with E-state index in [1.165, 1.54) is 7.11 Å². The highest BCUT2D eigenvalue weighted by Crippen LogP contribution is 2.26. The fraction of sp³-hybridized carbons (Fsp3) is 0.857. The minimum atomic E-state index is -0.131. The van der Waals surface area contributed by atoms with Crippen molar-refractivity contribution in [2.45, 2.75) is 45.6 Å². The van der Waals surface area contributed by atoms with Crippen molar-refractivity contribution < 1.29 is 19.1 Å². The number of rotatable bonds is 6. The second-order valence-electron chi connectivity index (χ2n) is 5.51. The van der Waals surface area contributed by atoms with E-state index in [9.17, 15) is 9.59 Å². The highest BCUT2D eigenvalue weighted by Gasteiger charge is 2.27. The van der Waals surface area contributed by atoms with Crippen LogP contribution in [0.15, 0.2) is 0 Å². The average Bonchev–Trinajstić information content (AvgIpc) is 2.42. The van der Waals surface area contributed by atoms with Crippen LogP contribution in [-0.2, 0) is 19.1 Å². The summed E-state index contributed by atoms with van der Waals surface area (Å²) in [5.41, 5.74) is 0. The fourth-order valence-corrected chi connectivity index (χ4v) is 2.19. The zero-order chi connectivity index (χ0) is 14.3. The second-order valence-corrected chi connectivity index (χ2v) is 5.51. The first-order valence-electron chi connectivity index (χ1n) is 6.99. The monoisotopic (exact) mass is 271 g/mol. The van der Waals surface area contributed by atoms with E-state index in [2.05, 4.69) is 19.2 Å². The fourth-order valence-electron chi connectivity index (χ4n) is 2.19. The molecule has 0 spiro atoms. The first-order valence-corrected chi connectivity index (χ1v) is 6.99. The first-order chi connectivity index (χ1) is 9.02. The molecule has 0 saturated heterocycles. The number of nitrogens with one attached hydrogen (secondary N) is 1. The van der Waals surface area contributed by atoms with E-state index in [0.29, 0.717) is 12.5 Å². The third kappa shape index (κ3) is 6.05. The maximum absolute atomic E-state index is 11.5. The predicted octanol–water partition coefficient (Wildman–Crippen LogP) is 1.51. The molecule has 1 rings (SSSR count). The summed E-state index contributed by atoms with van der Waals surface area (Å²) in [6.45, 7) is 4.89. The number of amides is 1. The number of carbonyl (C=O) groups excluding carboxylic acids is 2. The highest BCUT2D eigenvalue weighted by molar-refractivity contribution is 5.77. The van der Waals surface area contributed by atoms with Gasteiger partial charge < -0.3 is 14.8 Å². The van der Waals surface area contributed by atoms with Gasteiger partial charge in [0.2, 0.25) is 5.91 Å². The largest absolute Gasteiger partial charge is 0.469 e. The van der Waals surface area contributed by atoms with E-state index in [1.807, 2.05) is 0 Å². The van der Waals surface area contributed by atoms with Gasteiger partial charge in [-0.05, 0) is 31.6 Å². The van der Waals surface area contributed by atoms with Gasteiger partial charge in [-0.1, -0.05) is 13.8 Å². The summed E-state index contributed by atoms with van der Waals surface area (Å²) >= 11 is 0. The molecule has 0 aliphatic heterocycles. The summed E-state index contributed by atoms with van der Waals surface area (Å²) in [4.78, 5) is 22.9. The normalized spacial score (nSPS) is 23.2. The molecule has 5 heteroatoms. The predicted molar refractivity (Wildman–Crippen MR) is 71.6 cm³/mol. The van der Waals surface area contributed by atoms with E-state index >= 15 is 0 Å². The summed E-state index contributed by atoms with van der Waals surface area (Å²) in [6.07, 6.45) is 3.29. The minimum absolute atomic E-state index is 0.000354. The lowest BCUT2D eigenvalue weighted by Gasteiger charge is -2.26. The molecule has 1 N–H and O–H groups in total. The van der Waals surface area contributed by atoms with Crippen molar-refractivity contribution in [2.24, 2.45) is 11.8 Å². The van der Waals surface area contributed by atoms with Gasteiger partial charge in [-0.25, -0.2) is 0 Å². The van der Waals surface area contributed by atoms with Gasteiger partial charge in [0.15, 0.2) is 0 Å². The molecule has 0 bridgehead atoms. The van der Waals surface area contributed by atoms with Gasteiger partial charge in [-0.2, -0.15) is 0 Å². The molecule has 0 aromatic carbocycles. The summed E-state index contributed by atoms with van der Waals surface area (Å²) < 4.78 is 10.3. The topological polar surface area (TPSA) is 64.6 Å². The van der Waals surface area contributed by atoms with Crippen molar-refractivity contribution >= 4 is 11.9 Å². The lowest BCUT2D eigenvalue weighted by atomic mass is 9.87. The lowest BCUT2D eigenvalue weighted by Crippen LogP contribution is -2.34. The zero-order valence-electron chi connectivity index (χ0n) is 12.1. The molecule has 0 aromatic rings. The smallest absolute Gasteiger partial charge is 0.308 e. The standard InChI is InChI=1S/C14H25NO4/c1-10(2)8-15-13(16)9-19-12-6-4-11(5-7-12)14(17)18-3/h10-12H,4-9H2,1-3H3,(H,15,16). The Morgan fingerprint density at radius 1 is 1.21 bits per heavy atom. The van der Waals surface area contributed by atoms with Gasteiger partial charge in [0.25, 0.3) is 0 Å². The van der Waals surface area contributed by atoms with Crippen LogP contribution in [0.1, 0.15) is 39.5 Å². The molecular formula is C14H25NO4. The lowest BCUT2D eigenvalue weighted by molar-refractivity contribution is -0.148. The summed E-state index contributed by atoms with van der Waals surface area (Å²) in [7, 11) is 1.42. The van der Waals surface area contributed by atoms with Crippen molar-refractivity contribution in [1.29, 1.82) is 0 Å². The number of methoxy groups -OCH3 is 1. The van der Waals surface area contributed by atoms with Gasteiger partial charge in [0.05, 0.1) is 19.1 Å². The van der Waals surface area contributed by atoms with Crippen LogP contribution in [0.3, 0.4) is 0 Å². The molecule has 1 fully saturated rings. The Bertz CT molecular complexity index is 296. The summed E-state index contributed by atoms with van der Waals surface area (Å²) in [5, 5.41) is 2.82. The second kappa shape index (κ2) is 8.15. The van der Waals surface area contributed by atoms with E-state index in [1.54, 1.807) is 0 Å². The van der Waals surface area contributed by atoms with Crippen LogP contribution in [0.2, 0.25) is 0 Å². The van der Waals surface area contributed by atoms with Gasteiger partial charge in [0, 0.05) is 6.54 Å². The van der Waals surface area contributed by atoms with Crippen LogP contribution in [-0.4, -0.2) is 38.2 Å². The van der Waals surface area contributed by atoms with Crippen molar-refractivity contribution in [2.75, 3.05) is 20.3 Å². The molecule has 110 valence electrons. The average molecular weight is 271 g/mol. The van der Waals surface area contributed by atoms with Gasteiger partial charge in [-0.3, -0.25) is 9.59 Å². The molecule has 0 atom stereocenters.